The summed E-state index contributed by atoms with van der Waals surface area (Å²) in [7, 11) is 0. The monoisotopic (exact) mass is 210 g/mol. The van der Waals surface area contributed by atoms with Crippen LogP contribution in [-0.4, -0.2) is 22.1 Å². The van der Waals surface area contributed by atoms with Gasteiger partial charge in [-0.25, -0.2) is 0 Å². The van der Waals surface area contributed by atoms with Crippen LogP contribution in [-0.2, 0) is 4.79 Å². The Hall–Kier alpha value is -1.36. The number of H-pyrrole nitrogens is 1. The Morgan fingerprint density at radius 1 is 1.60 bits per heavy atom. The topological polar surface area (TPSA) is 83.8 Å². The van der Waals surface area contributed by atoms with Crippen LogP contribution in [0.4, 0.5) is 5.82 Å². The van der Waals surface area contributed by atoms with Crippen molar-refractivity contribution in [2.75, 3.05) is 5.32 Å². The van der Waals surface area contributed by atoms with Gasteiger partial charge >= 0.3 is 0 Å². The minimum absolute atomic E-state index is 0.199. The van der Waals surface area contributed by atoms with Crippen molar-refractivity contribution in [3.05, 3.63) is 11.8 Å². The smallest absolute Gasteiger partial charge is 0.242 e. The third kappa shape index (κ3) is 2.79. The fraction of sp³-hybridized carbons (Fsp3) is 0.600. The van der Waals surface area contributed by atoms with Crippen molar-refractivity contribution in [2.45, 2.75) is 33.7 Å². The summed E-state index contributed by atoms with van der Waals surface area (Å²) >= 11 is 0. The van der Waals surface area contributed by atoms with E-state index in [1.54, 1.807) is 6.20 Å². The van der Waals surface area contributed by atoms with Crippen molar-refractivity contribution in [3.63, 3.8) is 0 Å². The highest BCUT2D eigenvalue weighted by Crippen LogP contribution is 2.19. The van der Waals surface area contributed by atoms with Crippen molar-refractivity contribution in [1.29, 1.82) is 0 Å². The number of aromatic nitrogens is 2. The molecule has 0 aliphatic carbocycles. The molecule has 1 heterocycles. The molecule has 5 nitrogen and oxygen atoms in total. The summed E-state index contributed by atoms with van der Waals surface area (Å²) in [5.41, 5.74) is 6.46. The van der Waals surface area contributed by atoms with Crippen molar-refractivity contribution in [3.8, 4) is 0 Å². The fourth-order valence-electron chi connectivity index (χ4n) is 1.07. The van der Waals surface area contributed by atoms with E-state index in [4.69, 9.17) is 5.73 Å². The molecule has 0 unspecified atom stereocenters. The first-order valence-corrected chi connectivity index (χ1v) is 4.89. The number of rotatable bonds is 2. The molecule has 15 heavy (non-hydrogen) atoms. The first-order valence-electron chi connectivity index (χ1n) is 4.89. The van der Waals surface area contributed by atoms with Crippen molar-refractivity contribution < 1.29 is 4.79 Å². The number of nitrogens with two attached hydrogens (primary N) is 1. The molecule has 0 aliphatic rings. The molecule has 0 aliphatic heterocycles. The Bertz CT molecular complexity index is 351. The maximum atomic E-state index is 11.7. The number of anilines is 1. The number of nitrogens with one attached hydrogen (secondary N) is 2. The predicted molar refractivity (Wildman–Crippen MR) is 59.4 cm³/mol. The van der Waals surface area contributed by atoms with E-state index < -0.39 is 6.04 Å². The summed E-state index contributed by atoms with van der Waals surface area (Å²) in [6.07, 6.45) is 1.65. The minimum Gasteiger partial charge on any atom is -0.319 e. The average Bonchev–Trinajstić information content (AvgIpc) is 2.49. The average molecular weight is 210 g/mol. The van der Waals surface area contributed by atoms with E-state index >= 15 is 0 Å². The molecule has 1 rings (SSSR count). The Morgan fingerprint density at radius 2 is 2.20 bits per heavy atom. The molecule has 1 aromatic heterocycles. The molecule has 0 fully saturated rings. The highest BCUT2D eigenvalue weighted by molar-refractivity contribution is 5.94. The van der Waals surface area contributed by atoms with E-state index in [2.05, 4.69) is 15.5 Å². The van der Waals surface area contributed by atoms with Gasteiger partial charge in [0.05, 0.1) is 12.2 Å². The number of hydrogen-bond donors (Lipinski definition) is 3. The minimum atomic E-state index is -0.541. The molecule has 0 aromatic carbocycles. The third-order valence-corrected chi connectivity index (χ3v) is 2.29. The lowest BCUT2D eigenvalue weighted by Crippen LogP contribution is -2.45. The Morgan fingerprint density at radius 3 is 2.60 bits per heavy atom. The SMILES string of the molecule is Cc1cn[nH]c1NC(=O)[C@@H](N)C(C)(C)C. The summed E-state index contributed by atoms with van der Waals surface area (Å²) in [6.45, 7) is 7.65. The van der Waals surface area contributed by atoms with Crippen molar-refractivity contribution in [2.24, 2.45) is 11.1 Å². The zero-order valence-corrected chi connectivity index (χ0v) is 9.59. The lowest BCUT2D eigenvalue weighted by molar-refractivity contribution is -0.119. The molecule has 1 amide bonds. The molecule has 84 valence electrons. The highest BCUT2D eigenvalue weighted by atomic mass is 16.2. The van der Waals surface area contributed by atoms with Gasteiger partial charge in [0, 0.05) is 5.56 Å². The number of amides is 1. The van der Waals surface area contributed by atoms with Gasteiger partial charge in [0.15, 0.2) is 0 Å². The normalized spacial score (nSPS) is 13.7. The number of hydrogen-bond acceptors (Lipinski definition) is 3. The number of nitrogens with zero attached hydrogens (tertiary/aromatic N) is 1. The lowest BCUT2D eigenvalue weighted by atomic mass is 9.87. The second-order valence-electron chi connectivity index (χ2n) is 4.76. The standard InChI is InChI=1S/C10H18N4O/c1-6-5-12-14-8(6)13-9(15)7(11)10(2,3)4/h5,7H,11H2,1-4H3,(H2,12,13,14,15)/t7-/m1/s1. The maximum Gasteiger partial charge on any atom is 0.242 e. The van der Waals surface area contributed by atoms with Crippen LogP contribution < -0.4 is 11.1 Å². The summed E-state index contributed by atoms with van der Waals surface area (Å²) in [4.78, 5) is 11.7. The van der Waals surface area contributed by atoms with E-state index in [1.807, 2.05) is 27.7 Å². The van der Waals surface area contributed by atoms with Crippen LogP contribution >= 0.6 is 0 Å². The second-order valence-corrected chi connectivity index (χ2v) is 4.76. The second kappa shape index (κ2) is 4.02. The van der Waals surface area contributed by atoms with Crippen LogP contribution in [0.3, 0.4) is 0 Å². The van der Waals surface area contributed by atoms with Gasteiger partial charge in [0.25, 0.3) is 0 Å². The number of carbonyl (C=O) groups is 1. The molecule has 0 radical (unpaired) electrons. The molecule has 1 aromatic rings. The predicted octanol–water partition coefficient (Wildman–Crippen LogP) is 1.03. The summed E-state index contributed by atoms with van der Waals surface area (Å²) < 4.78 is 0. The van der Waals surface area contributed by atoms with E-state index in [0.717, 1.165) is 5.56 Å². The van der Waals surface area contributed by atoms with Crippen molar-refractivity contribution >= 4 is 11.7 Å². The zero-order valence-electron chi connectivity index (χ0n) is 9.59. The van der Waals surface area contributed by atoms with Crippen LogP contribution in [0.15, 0.2) is 6.20 Å². The summed E-state index contributed by atoms with van der Waals surface area (Å²) in [5.74, 6) is 0.412. The maximum absolute atomic E-state index is 11.7. The first-order chi connectivity index (χ1) is 6.82. The van der Waals surface area contributed by atoms with Crippen LogP contribution in [0, 0.1) is 12.3 Å². The van der Waals surface area contributed by atoms with E-state index in [0.29, 0.717) is 5.82 Å². The highest BCUT2D eigenvalue weighted by Gasteiger charge is 2.27. The van der Waals surface area contributed by atoms with Gasteiger partial charge in [-0.05, 0) is 12.3 Å². The largest absolute Gasteiger partial charge is 0.319 e. The fourth-order valence-corrected chi connectivity index (χ4v) is 1.07. The molecule has 0 saturated carbocycles. The Kier molecular flexibility index (Phi) is 3.14. The Labute approximate surface area is 89.4 Å². The third-order valence-electron chi connectivity index (χ3n) is 2.29. The van der Waals surface area contributed by atoms with E-state index in [-0.39, 0.29) is 11.3 Å². The number of aromatic amines is 1. The Balaban J connectivity index is 2.69. The summed E-state index contributed by atoms with van der Waals surface area (Å²) in [5, 5.41) is 9.24. The molecular weight excluding hydrogens is 192 g/mol. The molecular formula is C10H18N4O. The quantitative estimate of drug-likeness (QED) is 0.681. The van der Waals surface area contributed by atoms with Crippen LogP contribution in [0.1, 0.15) is 26.3 Å². The van der Waals surface area contributed by atoms with Gasteiger partial charge in [-0.1, -0.05) is 20.8 Å². The van der Waals surface area contributed by atoms with Crippen LogP contribution in [0.2, 0.25) is 0 Å². The number of aryl methyl sites for hydroxylation is 1. The first kappa shape index (κ1) is 11.7. The lowest BCUT2D eigenvalue weighted by Gasteiger charge is -2.25. The molecule has 4 N–H and O–H groups in total. The number of carbonyl (C=O) groups excluding carboxylic acids is 1. The van der Waals surface area contributed by atoms with Gasteiger partial charge in [0.1, 0.15) is 5.82 Å². The zero-order chi connectivity index (χ0) is 11.6. The molecule has 0 spiro atoms. The molecule has 0 saturated heterocycles. The van der Waals surface area contributed by atoms with Crippen LogP contribution in [0.25, 0.3) is 0 Å². The van der Waals surface area contributed by atoms with Gasteiger partial charge in [0.2, 0.25) is 5.91 Å². The summed E-state index contributed by atoms with van der Waals surface area (Å²) in [6, 6.07) is -0.541. The molecule has 0 bridgehead atoms. The molecule has 1 atom stereocenters. The van der Waals surface area contributed by atoms with E-state index in [9.17, 15) is 4.79 Å². The van der Waals surface area contributed by atoms with Crippen molar-refractivity contribution in [1.82, 2.24) is 10.2 Å². The molecule has 5 heteroatoms. The van der Waals surface area contributed by atoms with Gasteiger partial charge in [-0.3, -0.25) is 9.89 Å². The van der Waals surface area contributed by atoms with Gasteiger partial charge in [-0.2, -0.15) is 5.10 Å². The van der Waals surface area contributed by atoms with Gasteiger partial charge < -0.3 is 11.1 Å². The van der Waals surface area contributed by atoms with Gasteiger partial charge in [-0.15, -0.1) is 0 Å². The van der Waals surface area contributed by atoms with Crippen LogP contribution in [0.5, 0.6) is 0 Å². The van der Waals surface area contributed by atoms with E-state index in [1.165, 1.54) is 0 Å².